The Labute approximate surface area is 153 Å². The first-order chi connectivity index (χ1) is 12.3. The van der Waals surface area contributed by atoms with E-state index in [1.807, 2.05) is 31.2 Å². The third kappa shape index (κ3) is 3.81. The highest BCUT2D eigenvalue weighted by molar-refractivity contribution is 7.89. The summed E-state index contributed by atoms with van der Waals surface area (Å²) in [4.78, 5) is 14.6. The highest BCUT2D eigenvalue weighted by Crippen LogP contribution is 2.20. The van der Waals surface area contributed by atoms with Crippen molar-refractivity contribution in [2.75, 3.05) is 13.1 Å². The van der Waals surface area contributed by atoms with E-state index in [9.17, 15) is 13.2 Å². The number of aromatic amines is 1. The number of nitrogens with one attached hydrogen (secondary N) is 2. The third-order valence-electron chi connectivity index (χ3n) is 4.70. The molecule has 1 aliphatic rings. The average molecular weight is 376 g/mol. The van der Waals surface area contributed by atoms with Crippen LogP contribution in [-0.4, -0.2) is 48.6 Å². The Morgan fingerprint density at radius 2 is 1.92 bits per heavy atom. The molecule has 0 radical (unpaired) electrons. The van der Waals surface area contributed by atoms with E-state index >= 15 is 0 Å². The van der Waals surface area contributed by atoms with Crippen LogP contribution < -0.4 is 4.72 Å². The molecule has 2 aromatic rings. The number of carbonyl (C=O) groups excluding carboxylic acids is 1. The van der Waals surface area contributed by atoms with Gasteiger partial charge in [-0.15, -0.1) is 0 Å². The fourth-order valence-electron chi connectivity index (χ4n) is 3.38. The van der Waals surface area contributed by atoms with Gasteiger partial charge in [-0.25, -0.2) is 13.1 Å². The first-order valence-corrected chi connectivity index (χ1v) is 10.2. The predicted molar refractivity (Wildman–Crippen MR) is 98.5 cm³/mol. The molecule has 0 aliphatic carbocycles. The molecule has 1 aromatic carbocycles. The molecule has 1 aromatic heterocycles. The quantitative estimate of drug-likeness (QED) is 0.852. The molecule has 0 unspecified atom stereocenters. The normalized spacial score (nSPS) is 16.0. The number of sulfonamides is 1. The average Bonchev–Trinajstić information content (AvgIpc) is 2.94. The number of aromatic nitrogens is 2. The standard InChI is InChI=1S/C18H24N4O3S/c1-12-5-4-6-15(11-12)18(23)22-9-7-16(8-10-22)21-26(24,25)17-13(2)19-20-14(17)3/h4-6,11,16,21H,7-10H2,1-3H3,(H,19,20). The minimum absolute atomic E-state index is 0.00321. The minimum atomic E-state index is -3.62. The number of rotatable bonds is 4. The van der Waals surface area contributed by atoms with Crippen molar-refractivity contribution in [2.45, 2.75) is 44.6 Å². The first kappa shape index (κ1) is 18.6. The topological polar surface area (TPSA) is 95.2 Å². The maximum atomic E-state index is 12.6. The second-order valence-electron chi connectivity index (χ2n) is 6.82. The molecule has 2 heterocycles. The van der Waals surface area contributed by atoms with Gasteiger partial charge in [0.15, 0.2) is 0 Å². The van der Waals surface area contributed by atoms with E-state index in [1.54, 1.807) is 18.7 Å². The van der Waals surface area contributed by atoms with Crippen LogP contribution in [0.25, 0.3) is 0 Å². The molecule has 8 heteroatoms. The summed E-state index contributed by atoms with van der Waals surface area (Å²) in [6, 6.07) is 7.34. The van der Waals surface area contributed by atoms with Gasteiger partial charge < -0.3 is 4.90 Å². The van der Waals surface area contributed by atoms with Crippen LogP contribution in [0.1, 0.15) is 40.2 Å². The Hall–Kier alpha value is -2.19. The zero-order valence-electron chi connectivity index (χ0n) is 15.2. The van der Waals surface area contributed by atoms with E-state index in [2.05, 4.69) is 14.9 Å². The molecule has 0 saturated carbocycles. The number of benzene rings is 1. The Bertz CT molecular complexity index is 893. The number of piperidine rings is 1. The zero-order chi connectivity index (χ0) is 18.9. The van der Waals surface area contributed by atoms with E-state index < -0.39 is 10.0 Å². The summed E-state index contributed by atoms with van der Waals surface area (Å²) < 4.78 is 28.0. The summed E-state index contributed by atoms with van der Waals surface area (Å²) >= 11 is 0. The molecule has 1 saturated heterocycles. The van der Waals surface area contributed by atoms with Crippen LogP contribution in [0.15, 0.2) is 29.2 Å². The predicted octanol–water partition coefficient (Wildman–Crippen LogP) is 1.92. The van der Waals surface area contributed by atoms with Gasteiger partial charge in [0, 0.05) is 24.7 Å². The number of hydrogen-bond donors (Lipinski definition) is 2. The smallest absolute Gasteiger partial charge is 0.253 e. The molecule has 1 fully saturated rings. The Balaban J connectivity index is 1.63. The van der Waals surface area contributed by atoms with Gasteiger partial charge in [0.25, 0.3) is 5.91 Å². The van der Waals surface area contributed by atoms with Crippen molar-refractivity contribution in [3.8, 4) is 0 Å². The Morgan fingerprint density at radius 1 is 1.23 bits per heavy atom. The fraction of sp³-hybridized carbons (Fsp3) is 0.444. The first-order valence-electron chi connectivity index (χ1n) is 8.68. The van der Waals surface area contributed by atoms with Gasteiger partial charge in [-0.1, -0.05) is 17.7 Å². The van der Waals surface area contributed by atoms with Crippen molar-refractivity contribution in [3.63, 3.8) is 0 Å². The SMILES string of the molecule is Cc1cccc(C(=O)N2CCC(NS(=O)(=O)c3c(C)n[nH]c3C)CC2)c1. The summed E-state index contributed by atoms with van der Waals surface area (Å²) in [5.41, 5.74) is 2.71. The van der Waals surface area contributed by atoms with Crippen LogP contribution >= 0.6 is 0 Å². The fourth-order valence-corrected chi connectivity index (χ4v) is 5.05. The Kier molecular flexibility index (Phi) is 5.15. The lowest BCUT2D eigenvalue weighted by Crippen LogP contribution is -2.46. The molecule has 2 N–H and O–H groups in total. The lowest BCUT2D eigenvalue weighted by Gasteiger charge is -2.32. The largest absolute Gasteiger partial charge is 0.339 e. The summed E-state index contributed by atoms with van der Waals surface area (Å²) in [5.74, 6) is -0.00321. The molecule has 0 atom stereocenters. The van der Waals surface area contributed by atoms with Crippen LogP contribution in [0.5, 0.6) is 0 Å². The molecule has 7 nitrogen and oxygen atoms in total. The third-order valence-corrected chi connectivity index (χ3v) is 6.48. The molecule has 1 aliphatic heterocycles. The summed E-state index contributed by atoms with van der Waals surface area (Å²) in [6.45, 7) is 6.38. The monoisotopic (exact) mass is 376 g/mol. The molecule has 0 spiro atoms. The number of carbonyl (C=O) groups is 1. The number of nitrogens with zero attached hydrogens (tertiary/aromatic N) is 2. The molecule has 0 bridgehead atoms. The van der Waals surface area contributed by atoms with Crippen molar-refractivity contribution >= 4 is 15.9 Å². The van der Waals surface area contributed by atoms with Crippen molar-refractivity contribution in [2.24, 2.45) is 0 Å². The van der Waals surface area contributed by atoms with Gasteiger partial charge in [0.1, 0.15) is 4.90 Å². The van der Waals surface area contributed by atoms with Crippen LogP contribution in [0.3, 0.4) is 0 Å². The zero-order valence-corrected chi connectivity index (χ0v) is 16.1. The van der Waals surface area contributed by atoms with Crippen LogP contribution in [0.4, 0.5) is 0 Å². The number of hydrogen-bond acceptors (Lipinski definition) is 4. The molecule has 1 amide bonds. The number of H-pyrrole nitrogens is 1. The number of likely N-dealkylation sites (tertiary alicyclic amines) is 1. The second kappa shape index (κ2) is 7.20. The number of aryl methyl sites for hydroxylation is 3. The molecule has 140 valence electrons. The van der Waals surface area contributed by atoms with Crippen molar-refractivity contribution in [3.05, 3.63) is 46.8 Å². The number of amides is 1. The molecule has 26 heavy (non-hydrogen) atoms. The van der Waals surface area contributed by atoms with Gasteiger partial charge in [-0.2, -0.15) is 5.10 Å². The highest BCUT2D eigenvalue weighted by Gasteiger charge is 2.29. The second-order valence-corrected chi connectivity index (χ2v) is 8.47. The maximum Gasteiger partial charge on any atom is 0.253 e. The lowest BCUT2D eigenvalue weighted by atomic mass is 10.0. The molecule has 3 rings (SSSR count). The summed E-state index contributed by atoms with van der Waals surface area (Å²) in [6.07, 6.45) is 1.18. The van der Waals surface area contributed by atoms with Gasteiger partial charge in [0.05, 0.1) is 11.4 Å². The van der Waals surface area contributed by atoms with E-state index in [-0.39, 0.29) is 16.8 Å². The van der Waals surface area contributed by atoms with Crippen LogP contribution in [-0.2, 0) is 10.0 Å². The van der Waals surface area contributed by atoms with Crippen LogP contribution in [0.2, 0.25) is 0 Å². The summed E-state index contributed by atoms with van der Waals surface area (Å²) in [7, 11) is -3.62. The molecular formula is C18H24N4O3S. The van der Waals surface area contributed by atoms with Gasteiger partial charge in [-0.05, 0) is 45.7 Å². The minimum Gasteiger partial charge on any atom is -0.339 e. The van der Waals surface area contributed by atoms with E-state index in [4.69, 9.17) is 0 Å². The summed E-state index contributed by atoms with van der Waals surface area (Å²) in [5, 5.41) is 6.66. The highest BCUT2D eigenvalue weighted by atomic mass is 32.2. The van der Waals surface area contributed by atoms with Gasteiger partial charge in [0.2, 0.25) is 10.0 Å². The maximum absolute atomic E-state index is 12.6. The Morgan fingerprint density at radius 3 is 2.50 bits per heavy atom. The molecular weight excluding hydrogens is 352 g/mol. The van der Waals surface area contributed by atoms with E-state index in [0.29, 0.717) is 42.9 Å². The van der Waals surface area contributed by atoms with Crippen LogP contribution in [0, 0.1) is 20.8 Å². The van der Waals surface area contributed by atoms with E-state index in [1.165, 1.54) is 0 Å². The van der Waals surface area contributed by atoms with Crippen molar-refractivity contribution in [1.29, 1.82) is 0 Å². The van der Waals surface area contributed by atoms with E-state index in [0.717, 1.165) is 5.56 Å². The lowest BCUT2D eigenvalue weighted by molar-refractivity contribution is 0.0711. The van der Waals surface area contributed by atoms with Crippen molar-refractivity contribution in [1.82, 2.24) is 19.8 Å². The van der Waals surface area contributed by atoms with Crippen molar-refractivity contribution < 1.29 is 13.2 Å². The van der Waals surface area contributed by atoms with Gasteiger partial charge in [-0.3, -0.25) is 9.89 Å². The van der Waals surface area contributed by atoms with Gasteiger partial charge >= 0.3 is 0 Å².